The molecule has 0 aliphatic heterocycles. The van der Waals surface area contributed by atoms with Crippen LogP contribution in [0.25, 0.3) is 0 Å². The van der Waals surface area contributed by atoms with Crippen LogP contribution in [0, 0.1) is 6.92 Å². The maximum absolute atomic E-state index is 5.60. The van der Waals surface area contributed by atoms with Crippen molar-refractivity contribution in [2.45, 2.75) is 20.4 Å². The number of benzene rings is 1. The molecule has 0 bridgehead atoms. The Balaban J connectivity index is 2.24. The van der Waals surface area contributed by atoms with E-state index in [-0.39, 0.29) is 0 Å². The second kappa shape index (κ2) is 5.64. The molecule has 0 amide bonds. The van der Waals surface area contributed by atoms with Crippen LogP contribution >= 0.6 is 0 Å². The van der Waals surface area contributed by atoms with Crippen molar-refractivity contribution in [3.8, 4) is 0 Å². The number of nitrogens with one attached hydrogen (secondary N) is 1. The summed E-state index contributed by atoms with van der Waals surface area (Å²) < 4.78 is 5.60. The molecular formula is C13H18N4O. The van der Waals surface area contributed by atoms with Gasteiger partial charge in [-0.15, -0.1) is 5.10 Å². The van der Waals surface area contributed by atoms with Gasteiger partial charge in [-0.3, -0.25) is 4.90 Å². The molecule has 1 aromatic heterocycles. The van der Waals surface area contributed by atoms with Gasteiger partial charge in [0.1, 0.15) is 0 Å². The lowest BCUT2D eigenvalue weighted by molar-refractivity contribution is 0.481. The first-order chi connectivity index (χ1) is 8.74. The van der Waals surface area contributed by atoms with Gasteiger partial charge in [0.25, 0.3) is 0 Å². The van der Waals surface area contributed by atoms with Crippen molar-refractivity contribution in [1.82, 2.24) is 15.5 Å². The Labute approximate surface area is 107 Å². The molecule has 2 rings (SSSR count). The number of aromatic nitrogens is 2. The Hall–Kier alpha value is -1.88. The molecule has 0 spiro atoms. The second-order valence-corrected chi connectivity index (χ2v) is 4.09. The zero-order chi connectivity index (χ0) is 13.0. The minimum absolute atomic E-state index is 0.534. The Bertz CT molecular complexity index is 492. The zero-order valence-corrected chi connectivity index (χ0v) is 11.0. The summed E-state index contributed by atoms with van der Waals surface area (Å²) in [5, 5.41) is 11.1. The van der Waals surface area contributed by atoms with Crippen LogP contribution < -0.4 is 10.2 Å². The topological polar surface area (TPSA) is 54.2 Å². The summed E-state index contributed by atoms with van der Waals surface area (Å²) in [7, 11) is 1.85. The fourth-order valence-corrected chi connectivity index (χ4v) is 1.73. The van der Waals surface area contributed by atoms with E-state index in [0.717, 1.165) is 12.2 Å². The van der Waals surface area contributed by atoms with E-state index in [1.54, 1.807) is 0 Å². The van der Waals surface area contributed by atoms with E-state index >= 15 is 0 Å². The third-order valence-corrected chi connectivity index (χ3v) is 2.68. The highest BCUT2D eigenvalue weighted by Gasteiger charge is 2.14. The molecule has 96 valence electrons. The molecule has 1 N–H and O–H groups in total. The highest BCUT2D eigenvalue weighted by atomic mass is 16.4. The molecule has 18 heavy (non-hydrogen) atoms. The maximum atomic E-state index is 5.60. The van der Waals surface area contributed by atoms with Crippen molar-refractivity contribution in [2.24, 2.45) is 0 Å². The summed E-state index contributed by atoms with van der Waals surface area (Å²) in [6.07, 6.45) is 0. The summed E-state index contributed by atoms with van der Waals surface area (Å²) in [6, 6.07) is 8.79. The van der Waals surface area contributed by atoms with E-state index < -0.39 is 0 Å². The molecule has 0 saturated heterocycles. The van der Waals surface area contributed by atoms with Crippen LogP contribution in [0.2, 0.25) is 0 Å². The summed E-state index contributed by atoms with van der Waals surface area (Å²) >= 11 is 0. The molecular weight excluding hydrogens is 228 g/mol. The van der Waals surface area contributed by atoms with Gasteiger partial charge < -0.3 is 9.73 Å². The summed E-state index contributed by atoms with van der Waals surface area (Å²) in [5.41, 5.74) is 2.29. The van der Waals surface area contributed by atoms with Crippen LogP contribution in [0.1, 0.15) is 18.4 Å². The standard InChI is InChI=1S/C13H18N4O/c1-4-17(11-7-5-10(2)6-8-11)13-16-15-12(18-13)9-14-3/h5-8,14H,4,9H2,1-3H3. The van der Waals surface area contributed by atoms with Gasteiger partial charge in [-0.25, -0.2) is 0 Å². The Morgan fingerprint density at radius 1 is 1.22 bits per heavy atom. The van der Waals surface area contributed by atoms with Crippen molar-refractivity contribution in [3.05, 3.63) is 35.7 Å². The molecule has 2 aromatic rings. The summed E-state index contributed by atoms with van der Waals surface area (Å²) in [6.45, 7) is 5.49. The van der Waals surface area contributed by atoms with Crippen LogP contribution in [0.3, 0.4) is 0 Å². The molecule has 0 aliphatic carbocycles. The number of nitrogens with zero attached hydrogens (tertiary/aromatic N) is 3. The molecule has 0 atom stereocenters. The van der Waals surface area contributed by atoms with Gasteiger partial charge in [-0.05, 0) is 33.0 Å². The first-order valence-electron chi connectivity index (χ1n) is 6.05. The lowest BCUT2D eigenvalue weighted by Crippen LogP contribution is -2.16. The monoisotopic (exact) mass is 246 g/mol. The van der Waals surface area contributed by atoms with Crippen LogP contribution in [0.5, 0.6) is 0 Å². The van der Waals surface area contributed by atoms with Crippen molar-refractivity contribution in [3.63, 3.8) is 0 Å². The predicted molar refractivity (Wildman–Crippen MR) is 70.9 cm³/mol. The lowest BCUT2D eigenvalue weighted by atomic mass is 10.2. The van der Waals surface area contributed by atoms with Gasteiger partial charge in [0.2, 0.25) is 5.89 Å². The number of anilines is 2. The number of hydrogen-bond donors (Lipinski definition) is 1. The highest BCUT2D eigenvalue weighted by molar-refractivity contribution is 5.56. The van der Waals surface area contributed by atoms with E-state index in [0.29, 0.717) is 18.5 Å². The van der Waals surface area contributed by atoms with Crippen molar-refractivity contribution in [1.29, 1.82) is 0 Å². The molecule has 1 heterocycles. The lowest BCUT2D eigenvalue weighted by Gasteiger charge is -2.17. The van der Waals surface area contributed by atoms with Crippen LogP contribution in [0.15, 0.2) is 28.7 Å². The van der Waals surface area contributed by atoms with E-state index in [9.17, 15) is 0 Å². The first kappa shape index (κ1) is 12.6. The normalized spacial score (nSPS) is 10.6. The van der Waals surface area contributed by atoms with Crippen molar-refractivity contribution >= 4 is 11.7 Å². The van der Waals surface area contributed by atoms with E-state index in [1.165, 1.54) is 5.56 Å². The minimum atomic E-state index is 0.534. The Morgan fingerprint density at radius 3 is 2.56 bits per heavy atom. The van der Waals surface area contributed by atoms with Crippen LogP contribution in [-0.4, -0.2) is 23.8 Å². The zero-order valence-electron chi connectivity index (χ0n) is 11.0. The number of rotatable bonds is 5. The van der Waals surface area contributed by atoms with Crippen molar-refractivity contribution in [2.75, 3.05) is 18.5 Å². The molecule has 5 heteroatoms. The fourth-order valence-electron chi connectivity index (χ4n) is 1.73. The number of hydrogen-bond acceptors (Lipinski definition) is 5. The van der Waals surface area contributed by atoms with Crippen molar-refractivity contribution < 1.29 is 4.42 Å². The largest absolute Gasteiger partial charge is 0.406 e. The maximum Gasteiger partial charge on any atom is 0.322 e. The van der Waals surface area contributed by atoms with Gasteiger partial charge in [-0.2, -0.15) is 0 Å². The molecule has 1 aromatic carbocycles. The molecule has 0 unspecified atom stereocenters. The third-order valence-electron chi connectivity index (χ3n) is 2.68. The van der Waals surface area contributed by atoms with Crippen LogP contribution in [0.4, 0.5) is 11.7 Å². The van der Waals surface area contributed by atoms with Gasteiger partial charge >= 0.3 is 6.01 Å². The van der Waals surface area contributed by atoms with Gasteiger partial charge in [-0.1, -0.05) is 22.8 Å². The molecule has 0 fully saturated rings. The van der Waals surface area contributed by atoms with E-state index in [1.807, 2.05) is 11.9 Å². The average molecular weight is 246 g/mol. The predicted octanol–water partition coefficient (Wildman–Crippen LogP) is 2.26. The van der Waals surface area contributed by atoms with E-state index in [2.05, 4.69) is 53.6 Å². The first-order valence-corrected chi connectivity index (χ1v) is 6.05. The minimum Gasteiger partial charge on any atom is -0.406 e. The molecule has 0 radical (unpaired) electrons. The Morgan fingerprint density at radius 2 is 1.94 bits per heavy atom. The summed E-state index contributed by atoms with van der Waals surface area (Å²) in [5.74, 6) is 0.595. The quantitative estimate of drug-likeness (QED) is 0.877. The second-order valence-electron chi connectivity index (χ2n) is 4.09. The van der Waals surface area contributed by atoms with Gasteiger partial charge in [0, 0.05) is 12.2 Å². The fraction of sp³-hybridized carbons (Fsp3) is 0.385. The van der Waals surface area contributed by atoms with Crippen LogP contribution in [-0.2, 0) is 6.54 Å². The molecule has 0 saturated carbocycles. The number of aryl methyl sites for hydroxylation is 1. The highest BCUT2D eigenvalue weighted by Crippen LogP contribution is 2.23. The van der Waals surface area contributed by atoms with E-state index in [4.69, 9.17) is 4.42 Å². The SMILES string of the molecule is CCN(c1ccc(C)cc1)c1nnc(CNC)o1. The summed E-state index contributed by atoms with van der Waals surface area (Å²) in [4.78, 5) is 1.99. The molecule has 5 nitrogen and oxygen atoms in total. The molecule has 0 aliphatic rings. The Kier molecular flexibility index (Phi) is 3.94. The smallest absolute Gasteiger partial charge is 0.322 e. The third kappa shape index (κ3) is 2.68. The average Bonchev–Trinajstić information content (AvgIpc) is 2.82. The van der Waals surface area contributed by atoms with Gasteiger partial charge in [0.05, 0.1) is 6.54 Å². The van der Waals surface area contributed by atoms with Gasteiger partial charge in [0.15, 0.2) is 0 Å².